The minimum Gasteiger partial charge on any atom is -0.487 e. The fourth-order valence-electron chi connectivity index (χ4n) is 2.48. The number of Topliss-reactive ketones (excluding diaryl/α,β-unsaturated/α-hetero) is 1. The van der Waals surface area contributed by atoms with Gasteiger partial charge in [0.1, 0.15) is 0 Å². The van der Waals surface area contributed by atoms with Crippen molar-refractivity contribution in [3.63, 3.8) is 0 Å². The minimum absolute atomic E-state index is 0.0284. The van der Waals surface area contributed by atoms with E-state index in [1.807, 2.05) is 0 Å². The summed E-state index contributed by atoms with van der Waals surface area (Å²) in [6.07, 6.45) is -1.20. The van der Waals surface area contributed by atoms with Crippen LogP contribution in [0.1, 0.15) is 41.5 Å². The molecule has 2 aromatic rings. The summed E-state index contributed by atoms with van der Waals surface area (Å²) in [4.78, 5) is 46.8. The van der Waals surface area contributed by atoms with Crippen molar-refractivity contribution in [3.05, 3.63) is 63.7 Å². The van der Waals surface area contributed by atoms with Crippen LogP contribution in [0.2, 0.25) is 0 Å². The predicted molar refractivity (Wildman–Crippen MR) is 104 cm³/mol. The van der Waals surface area contributed by atoms with Crippen molar-refractivity contribution in [1.29, 1.82) is 0 Å². The van der Waals surface area contributed by atoms with E-state index in [0.717, 1.165) is 6.07 Å². The van der Waals surface area contributed by atoms with Crippen molar-refractivity contribution < 1.29 is 28.8 Å². The standard InChI is InChI=1S/C20H20N2O7/c1-4-28-18-10-9-14(11-17(18)22(26)27)20(25)29-13(3)19(24)21-16-8-6-5-7-15(16)12(2)23/h5-11,13H,4H2,1-3H3,(H,21,24)/t13-/m0/s1. The van der Waals surface area contributed by atoms with Crippen LogP contribution in [0.5, 0.6) is 5.75 Å². The Morgan fingerprint density at radius 1 is 1.17 bits per heavy atom. The number of amides is 1. The van der Waals surface area contributed by atoms with E-state index < -0.39 is 22.9 Å². The first kappa shape index (κ1) is 21.5. The average Bonchev–Trinajstić information content (AvgIpc) is 2.68. The Hall–Kier alpha value is -3.75. The predicted octanol–water partition coefficient (Wildman–Crippen LogP) is 3.38. The van der Waals surface area contributed by atoms with Crippen LogP contribution in [0.15, 0.2) is 42.5 Å². The maximum absolute atomic E-state index is 12.3. The van der Waals surface area contributed by atoms with Gasteiger partial charge in [0.15, 0.2) is 17.6 Å². The second kappa shape index (κ2) is 9.45. The fourth-order valence-corrected chi connectivity index (χ4v) is 2.48. The number of benzene rings is 2. The van der Waals surface area contributed by atoms with Crippen LogP contribution in [-0.2, 0) is 9.53 Å². The molecule has 0 spiro atoms. The molecule has 1 atom stereocenters. The molecule has 1 amide bonds. The Bertz CT molecular complexity index is 956. The SMILES string of the molecule is CCOc1ccc(C(=O)O[C@@H](C)C(=O)Nc2ccccc2C(C)=O)cc1[N+](=O)[O-]. The number of hydrogen-bond donors (Lipinski definition) is 1. The van der Waals surface area contributed by atoms with Gasteiger partial charge in [-0.25, -0.2) is 4.79 Å². The zero-order valence-corrected chi connectivity index (χ0v) is 16.1. The maximum atomic E-state index is 12.3. The highest BCUT2D eigenvalue weighted by atomic mass is 16.6. The molecule has 2 aromatic carbocycles. The number of anilines is 1. The Morgan fingerprint density at radius 3 is 2.48 bits per heavy atom. The van der Waals surface area contributed by atoms with Gasteiger partial charge in [0, 0.05) is 11.6 Å². The molecular formula is C20H20N2O7. The molecule has 2 rings (SSSR count). The summed E-state index contributed by atoms with van der Waals surface area (Å²) in [5.41, 5.74) is 0.142. The van der Waals surface area contributed by atoms with E-state index in [2.05, 4.69) is 5.32 Å². The first-order valence-electron chi connectivity index (χ1n) is 8.77. The summed E-state index contributed by atoms with van der Waals surface area (Å²) < 4.78 is 10.3. The number of para-hydroxylation sites is 1. The summed E-state index contributed by atoms with van der Waals surface area (Å²) in [5.74, 6) is -1.75. The number of nitrogens with one attached hydrogen (secondary N) is 1. The molecule has 29 heavy (non-hydrogen) atoms. The van der Waals surface area contributed by atoms with Gasteiger partial charge in [-0.15, -0.1) is 0 Å². The first-order valence-corrected chi connectivity index (χ1v) is 8.77. The van der Waals surface area contributed by atoms with Gasteiger partial charge in [-0.1, -0.05) is 12.1 Å². The maximum Gasteiger partial charge on any atom is 0.339 e. The zero-order valence-electron chi connectivity index (χ0n) is 16.1. The van der Waals surface area contributed by atoms with E-state index in [-0.39, 0.29) is 29.4 Å². The van der Waals surface area contributed by atoms with Crippen molar-refractivity contribution in [2.24, 2.45) is 0 Å². The van der Waals surface area contributed by atoms with Crippen LogP contribution in [0.25, 0.3) is 0 Å². The smallest absolute Gasteiger partial charge is 0.339 e. The monoisotopic (exact) mass is 400 g/mol. The Labute approximate surface area is 166 Å². The quantitative estimate of drug-likeness (QED) is 0.312. The lowest BCUT2D eigenvalue weighted by Crippen LogP contribution is -2.30. The van der Waals surface area contributed by atoms with Gasteiger partial charge < -0.3 is 14.8 Å². The third-order valence-corrected chi connectivity index (χ3v) is 3.91. The number of nitrogens with zero attached hydrogens (tertiary/aromatic N) is 1. The molecule has 0 saturated carbocycles. The second-order valence-electron chi connectivity index (χ2n) is 6.01. The fraction of sp³-hybridized carbons (Fsp3) is 0.250. The Balaban J connectivity index is 2.12. The zero-order chi connectivity index (χ0) is 21.6. The molecule has 0 bridgehead atoms. The van der Waals surface area contributed by atoms with Gasteiger partial charge >= 0.3 is 11.7 Å². The topological polar surface area (TPSA) is 125 Å². The minimum atomic E-state index is -1.20. The van der Waals surface area contributed by atoms with Gasteiger partial charge in [0.25, 0.3) is 5.91 Å². The van der Waals surface area contributed by atoms with Crippen molar-refractivity contribution in [2.45, 2.75) is 26.9 Å². The largest absolute Gasteiger partial charge is 0.487 e. The molecule has 0 aliphatic heterocycles. The summed E-state index contributed by atoms with van der Waals surface area (Å²) in [6, 6.07) is 10.1. The second-order valence-corrected chi connectivity index (χ2v) is 6.01. The highest BCUT2D eigenvalue weighted by Crippen LogP contribution is 2.28. The van der Waals surface area contributed by atoms with Gasteiger partial charge in [-0.2, -0.15) is 0 Å². The molecule has 0 aliphatic carbocycles. The number of esters is 1. The van der Waals surface area contributed by atoms with Crippen molar-refractivity contribution in [3.8, 4) is 5.75 Å². The lowest BCUT2D eigenvalue weighted by atomic mass is 10.1. The summed E-state index contributed by atoms with van der Waals surface area (Å²) in [6.45, 7) is 4.62. The summed E-state index contributed by atoms with van der Waals surface area (Å²) >= 11 is 0. The molecule has 0 fully saturated rings. The molecule has 0 saturated heterocycles. The molecule has 152 valence electrons. The number of rotatable bonds is 8. The summed E-state index contributed by atoms with van der Waals surface area (Å²) in [5, 5.41) is 13.7. The molecule has 0 heterocycles. The van der Waals surface area contributed by atoms with E-state index in [9.17, 15) is 24.5 Å². The van der Waals surface area contributed by atoms with Crippen LogP contribution in [0.4, 0.5) is 11.4 Å². The highest BCUT2D eigenvalue weighted by Gasteiger charge is 2.23. The number of ketones is 1. The van der Waals surface area contributed by atoms with Crippen molar-refractivity contribution in [1.82, 2.24) is 0 Å². The lowest BCUT2D eigenvalue weighted by Gasteiger charge is -2.15. The Morgan fingerprint density at radius 2 is 1.86 bits per heavy atom. The van der Waals surface area contributed by atoms with E-state index in [1.165, 1.54) is 26.0 Å². The van der Waals surface area contributed by atoms with Gasteiger partial charge in [0.2, 0.25) is 0 Å². The van der Waals surface area contributed by atoms with Crippen LogP contribution < -0.4 is 10.1 Å². The normalized spacial score (nSPS) is 11.3. The highest BCUT2D eigenvalue weighted by molar-refractivity contribution is 6.05. The van der Waals surface area contributed by atoms with Crippen LogP contribution in [0.3, 0.4) is 0 Å². The van der Waals surface area contributed by atoms with Crippen molar-refractivity contribution in [2.75, 3.05) is 11.9 Å². The molecule has 9 nitrogen and oxygen atoms in total. The summed E-state index contributed by atoms with van der Waals surface area (Å²) in [7, 11) is 0. The van der Waals surface area contributed by atoms with Crippen molar-refractivity contribution >= 4 is 29.0 Å². The third kappa shape index (κ3) is 5.38. The number of nitro benzene ring substituents is 1. The van der Waals surface area contributed by atoms with Crippen LogP contribution in [0, 0.1) is 10.1 Å². The van der Waals surface area contributed by atoms with E-state index in [0.29, 0.717) is 11.3 Å². The number of ether oxygens (including phenoxy) is 2. The molecule has 0 aromatic heterocycles. The molecule has 9 heteroatoms. The van der Waals surface area contributed by atoms with E-state index in [4.69, 9.17) is 9.47 Å². The number of carbonyl (C=O) groups is 3. The van der Waals surface area contributed by atoms with Gasteiger partial charge in [-0.05, 0) is 45.0 Å². The molecular weight excluding hydrogens is 380 g/mol. The van der Waals surface area contributed by atoms with E-state index >= 15 is 0 Å². The number of nitro groups is 1. The van der Waals surface area contributed by atoms with Crippen LogP contribution >= 0.6 is 0 Å². The molecule has 0 radical (unpaired) electrons. The molecule has 0 unspecified atom stereocenters. The number of carbonyl (C=O) groups excluding carboxylic acids is 3. The van der Waals surface area contributed by atoms with Crippen LogP contribution in [-0.4, -0.2) is 35.3 Å². The average molecular weight is 400 g/mol. The lowest BCUT2D eigenvalue weighted by molar-refractivity contribution is -0.385. The molecule has 0 aliphatic rings. The Kier molecular flexibility index (Phi) is 7.02. The number of hydrogen-bond acceptors (Lipinski definition) is 7. The van der Waals surface area contributed by atoms with Gasteiger partial charge in [-0.3, -0.25) is 19.7 Å². The van der Waals surface area contributed by atoms with E-state index in [1.54, 1.807) is 31.2 Å². The van der Waals surface area contributed by atoms with Gasteiger partial charge in [0.05, 0.1) is 22.8 Å². The third-order valence-electron chi connectivity index (χ3n) is 3.91. The molecule has 1 N–H and O–H groups in total. The first-order chi connectivity index (χ1) is 13.7.